The lowest BCUT2D eigenvalue weighted by molar-refractivity contribution is -0.155. The second-order valence-electron chi connectivity index (χ2n) is 39.7. The number of nitrogens with zero attached hydrogens (tertiary/aromatic N) is 4. The zero-order valence-corrected chi connectivity index (χ0v) is 86.4. The molecule has 0 spiro atoms. The summed E-state index contributed by atoms with van der Waals surface area (Å²) in [7, 11) is -1.80. The molecular formula is C98H143N17O30S2. The standard InChI is InChI=1S/C52H76N8O16S.C46H67N9O14S/c1-8-27(2)45-49(72)55-22-42(67)56-35-26-77(74)51-34(33-14-13-32(75-7)21-36(33)59(51)15-11-9-10-12-44(69)76-52(4,5)6)16-29(47(70)54-23-43(68)57-45)17-39(64)46(28(3)40(65)25-61)58-48(71)37-20-31(62)24-60(37)50(73)30(18-38(35)63)19-41(53)66;1-5-23(2)40-44(66)50-18-38(62)51-31-22-70(68)46-30(29-9-8-28(69-4)17-32(29)54(46)11-7-6-10-47)12-25(42(64)49-19-39(63)52-40)13-35(59)41(24(3)36(60)21-56)53-43(65)33-16-27(57)20-55(33)45(67)26(14-34(31)58)15-37(48)61/h13-14,21,27-31,35,37,40,45-46,61-62,65H,8-12,15-20,22-26H2,1-7H3,(H2,53,66)(H,54,70)(H,55,72)(H,56,67)(H,57,68)(H,58,71);8-9,17,23-27,31,33,36,40-41,56-57,60H,5-7,10-16,18-22,47H2,1-4H3,(H2,48,61)(H,49,64)(H,50,66)(H,51,62)(H,52,63)(H,53,65)/t27-,28-,29?,30-,31?,35?,37-,40-,45-,46-,77+;23-,24-,25?,26-,27?,31?,33-,36-,40-,41-,70+/m00/s1. The average Bonchev–Trinajstić information content (AvgIpc) is 1.60. The number of nitrogens with one attached hydrogen (secondary N) is 10. The Morgan fingerprint density at radius 2 is 0.844 bits per heavy atom. The number of benzene rings is 2. The van der Waals surface area contributed by atoms with Crippen molar-refractivity contribution in [3.63, 3.8) is 0 Å². The topological polar surface area (TPSA) is 722 Å². The number of nitrogens with two attached hydrogens (primary N) is 3. The summed E-state index contributed by atoms with van der Waals surface area (Å²) in [6, 6.07) is -2.31. The predicted octanol–water partition coefficient (Wildman–Crippen LogP) is -4.28. The average molecular weight is 2100 g/mol. The maximum Gasteiger partial charge on any atom is 0.306 e. The number of carbonyl (C=O) groups excluding carboxylic acids is 19. The number of ether oxygens (including phenoxy) is 3. The maximum absolute atomic E-state index is 15.6. The highest BCUT2D eigenvalue weighted by atomic mass is 32.2. The molecule has 4 aromatic rings. The predicted molar refractivity (Wildman–Crippen MR) is 529 cm³/mol. The fourth-order valence-corrected chi connectivity index (χ4v) is 22.4. The van der Waals surface area contributed by atoms with Crippen molar-refractivity contribution in [3.8, 4) is 11.5 Å². The van der Waals surface area contributed by atoms with Gasteiger partial charge < -0.3 is 134 Å². The van der Waals surface area contributed by atoms with Crippen LogP contribution in [0.2, 0.25) is 0 Å². The monoisotopic (exact) mass is 2100 g/mol. The van der Waals surface area contributed by atoms with Gasteiger partial charge in [-0.3, -0.25) is 99.5 Å². The Labute approximate surface area is 855 Å². The van der Waals surface area contributed by atoms with Crippen molar-refractivity contribution < 1.29 is 144 Å². The molecule has 47 nitrogen and oxygen atoms in total. The van der Waals surface area contributed by atoms with Gasteiger partial charge in [-0.15, -0.1) is 0 Å². The van der Waals surface area contributed by atoms with Crippen LogP contribution in [0.4, 0.5) is 0 Å². The van der Waals surface area contributed by atoms with E-state index < -0.39 is 368 Å². The Balaban J connectivity index is 0.000000328. The first kappa shape index (κ1) is 118. The molecule has 812 valence electrons. The molecular weight excluding hydrogens is 1960 g/mol. The third kappa shape index (κ3) is 31.5. The molecule has 2 aromatic carbocycles. The van der Waals surface area contributed by atoms with Gasteiger partial charge in [0, 0.05) is 131 Å². The third-order valence-corrected chi connectivity index (χ3v) is 30.8. The van der Waals surface area contributed by atoms with Gasteiger partial charge in [0.15, 0.2) is 23.1 Å². The molecule has 8 heterocycles. The number of hydrogen-bond donors (Lipinski definition) is 19. The van der Waals surface area contributed by atoms with Gasteiger partial charge in [0.05, 0.1) is 158 Å². The fourth-order valence-electron chi connectivity index (χ4n) is 19.2. The van der Waals surface area contributed by atoms with Crippen LogP contribution in [-0.2, 0) is 143 Å². The highest BCUT2D eigenvalue weighted by molar-refractivity contribution is 7.85. The molecule has 14 amide bonds. The lowest BCUT2D eigenvalue weighted by atomic mass is 9.85. The normalized spacial score (nSPS) is 26.6. The first-order chi connectivity index (χ1) is 69.5. The summed E-state index contributed by atoms with van der Waals surface area (Å²) in [5, 5.41) is 90.3. The minimum absolute atomic E-state index is 0.0370. The second kappa shape index (κ2) is 54.2. The fraction of sp³-hybridized carbons (Fsp3) is 0.643. The first-order valence-electron chi connectivity index (χ1n) is 49.7. The van der Waals surface area contributed by atoms with E-state index in [1.165, 1.54) is 28.1 Å². The largest absolute Gasteiger partial charge is 0.497 e. The number of aliphatic hydroxyl groups is 6. The molecule has 6 aliphatic rings. The number of methoxy groups -OCH3 is 2. The van der Waals surface area contributed by atoms with Crippen molar-refractivity contribution in [2.24, 2.45) is 64.5 Å². The number of hydrogen-bond acceptors (Lipinski definition) is 31. The molecule has 4 bridgehead atoms. The number of fused-ring (bicyclic) bond motifs is 10. The number of esters is 1. The number of aromatic nitrogens is 2. The lowest BCUT2D eigenvalue weighted by Crippen LogP contribution is -2.56. The van der Waals surface area contributed by atoms with Gasteiger partial charge in [0.2, 0.25) is 82.7 Å². The number of rotatable bonds is 26. The van der Waals surface area contributed by atoms with Gasteiger partial charge in [0.1, 0.15) is 51.3 Å². The van der Waals surface area contributed by atoms with Crippen LogP contribution in [0.25, 0.3) is 21.8 Å². The minimum atomic E-state index is -2.37. The van der Waals surface area contributed by atoms with Crippen molar-refractivity contribution in [3.05, 3.63) is 47.5 Å². The molecule has 0 saturated carbocycles. The number of ketones is 4. The van der Waals surface area contributed by atoms with Crippen LogP contribution < -0.4 is 79.8 Å². The molecule has 22 N–H and O–H groups in total. The Kier molecular flexibility index (Phi) is 43.6. The van der Waals surface area contributed by atoms with E-state index in [0.717, 1.165) is 9.80 Å². The summed E-state index contributed by atoms with van der Waals surface area (Å²) in [4.78, 5) is 268. The van der Waals surface area contributed by atoms with Gasteiger partial charge in [-0.2, -0.15) is 0 Å². The number of aliphatic hydroxyl groups excluding tert-OH is 6. The molecule has 49 heteroatoms. The molecule has 0 radical (unpaired) electrons. The highest BCUT2D eigenvalue weighted by Crippen LogP contribution is 2.40. The van der Waals surface area contributed by atoms with Crippen molar-refractivity contribution >= 4 is 155 Å². The summed E-state index contributed by atoms with van der Waals surface area (Å²) in [5.41, 5.74) is 17.8. The van der Waals surface area contributed by atoms with Crippen LogP contribution >= 0.6 is 0 Å². The molecule has 2 saturated heterocycles. The maximum atomic E-state index is 15.6. The van der Waals surface area contributed by atoms with Crippen molar-refractivity contribution in [2.75, 3.05) is 84.8 Å². The van der Waals surface area contributed by atoms with E-state index in [-0.39, 0.29) is 60.0 Å². The molecule has 22 atom stereocenters. The SMILES string of the molecule is CC[C@H](C)[C@@H]1NC(=O)CNC(=O)C2CC(=O)[C@H]([C@@H](C)[C@@H](O)CO)NC(=O)[C@@H]3CC(O)CN3C(=O)[C@H](CC(N)=O)CC(=O)C(C[S@@](=O)c3c(c4ccc(OC)cc4n3CCCCCC(=O)OC(C)(C)C)C2)NC(=O)CNC1=O.CC[C@H](C)[C@@H]1NC(=O)CNC(=O)C2CC(=O)[C@H]([C@@H](C)[C@@H](O)CO)NC(=O)[C@@H]3CC(O)CN3C(=O)[C@H](CC(N)=O)CC(=O)C(C[S@@](=O)c3c(c4ccc(OC)cc4n3CCCCN)C2)NC(=O)CNC1=O. The third-order valence-electron chi connectivity index (χ3n) is 27.7. The van der Waals surface area contributed by atoms with Crippen molar-refractivity contribution in [1.82, 2.24) is 72.1 Å². The first-order valence-corrected chi connectivity index (χ1v) is 52.3. The van der Waals surface area contributed by atoms with Crippen LogP contribution in [0.15, 0.2) is 46.5 Å². The molecule has 2 aromatic heterocycles. The summed E-state index contributed by atoms with van der Waals surface area (Å²) in [5.74, 6) is -26.8. The van der Waals surface area contributed by atoms with Crippen molar-refractivity contribution in [1.29, 1.82) is 0 Å². The second-order valence-corrected chi connectivity index (χ2v) is 42.6. The lowest BCUT2D eigenvalue weighted by Gasteiger charge is -2.32. The molecule has 10 rings (SSSR count). The number of aryl methyl sites for hydroxylation is 2. The molecule has 0 aliphatic carbocycles. The molecule has 6 aliphatic heterocycles. The van der Waals surface area contributed by atoms with Gasteiger partial charge in [-0.05, 0) is 113 Å². The van der Waals surface area contributed by atoms with E-state index in [1.54, 1.807) is 94.0 Å². The Hall–Kier alpha value is -12.1. The van der Waals surface area contributed by atoms with Crippen LogP contribution in [0, 0.1) is 47.3 Å². The zero-order chi connectivity index (χ0) is 109. The van der Waals surface area contributed by atoms with E-state index in [9.17, 15) is 122 Å². The zero-order valence-electron chi connectivity index (χ0n) is 84.8. The van der Waals surface area contributed by atoms with E-state index in [1.807, 2.05) is 0 Å². The van der Waals surface area contributed by atoms with E-state index in [2.05, 4.69) is 53.2 Å². The molecule has 2 fully saturated rings. The number of amides is 14. The Morgan fingerprint density at radius 3 is 1.19 bits per heavy atom. The van der Waals surface area contributed by atoms with Gasteiger partial charge in [-0.25, -0.2) is 0 Å². The summed E-state index contributed by atoms with van der Waals surface area (Å²) < 4.78 is 51.0. The molecule has 6 unspecified atom stereocenters. The van der Waals surface area contributed by atoms with Crippen LogP contribution in [0.1, 0.15) is 176 Å². The minimum Gasteiger partial charge on any atom is -0.497 e. The quantitative estimate of drug-likeness (QED) is 0.0209. The molecule has 147 heavy (non-hydrogen) atoms. The smallest absolute Gasteiger partial charge is 0.306 e. The number of Topliss-reactive ketones (excluding diaryl/α,β-unsaturated/α-hetero) is 4. The van der Waals surface area contributed by atoms with E-state index >= 15 is 8.42 Å². The van der Waals surface area contributed by atoms with Gasteiger partial charge in [0.25, 0.3) is 0 Å². The highest BCUT2D eigenvalue weighted by Gasteiger charge is 2.49. The Morgan fingerprint density at radius 1 is 0.476 bits per heavy atom. The summed E-state index contributed by atoms with van der Waals surface area (Å²) in [6.45, 7) is 9.94. The number of primary amides is 2. The van der Waals surface area contributed by atoms with Crippen LogP contribution in [0.5, 0.6) is 11.5 Å². The van der Waals surface area contributed by atoms with E-state index in [4.69, 9.17) is 31.4 Å². The van der Waals surface area contributed by atoms with Gasteiger partial charge >= 0.3 is 5.97 Å². The van der Waals surface area contributed by atoms with Crippen LogP contribution in [-0.4, -0.2) is 333 Å². The summed E-state index contributed by atoms with van der Waals surface area (Å²) in [6.07, 6.45) is -8.81. The van der Waals surface area contributed by atoms with E-state index in [0.29, 0.717) is 84.8 Å². The summed E-state index contributed by atoms with van der Waals surface area (Å²) >= 11 is 0. The van der Waals surface area contributed by atoms with Gasteiger partial charge in [-0.1, -0.05) is 60.8 Å². The van der Waals surface area contributed by atoms with Crippen LogP contribution in [0.3, 0.4) is 0 Å². The Bertz CT molecular complexity index is 5590. The number of unbranched alkanes of at least 4 members (excludes halogenated alkanes) is 3. The van der Waals surface area contributed by atoms with Crippen molar-refractivity contribution in [2.45, 2.75) is 279 Å². The number of carbonyl (C=O) groups is 19.